The Morgan fingerprint density at radius 1 is 1.28 bits per heavy atom. The van der Waals surface area contributed by atoms with E-state index in [0.29, 0.717) is 0 Å². The van der Waals surface area contributed by atoms with Crippen LogP contribution in [0.3, 0.4) is 0 Å². The number of hydrogen-bond donors (Lipinski definition) is 3. The van der Waals surface area contributed by atoms with Crippen molar-refractivity contribution in [3.05, 3.63) is 0 Å². The summed E-state index contributed by atoms with van der Waals surface area (Å²) in [6.45, 7) is 1.45. The van der Waals surface area contributed by atoms with Crippen LogP contribution in [0, 0.1) is 0 Å². The summed E-state index contributed by atoms with van der Waals surface area (Å²) in [4.78, 5) is 31.9. The van der Waals surface area contributed by atoms with Crippen LogP contribution < -0.4 is 4.72 Å². The van der Waals surface area contributed by atoms with Crippen LogP contribution in [0.5, 0.6) is 0 Å². The average Bonchev–Trinajstić information content (AvgIpc) is 2.14. The fourth-order valence-corrected chi connectivity index (χ4v) is 2.06. The third-order valence-corrected chi connectivity index (χ3v) is 2.87. The van der Waals surface area contributed by atoms with Crippen molar-refractivity contribution in [2.75, 3.05) is 12.4 Å². The van der Waals surface area contributed by atoms with E-state index >= 15 is 0 Å². The van der Waals surface area contributed by atoms with Crippen LogP contribution in [-0.2, 0) is 29.1 Å². The van der Waals surface area contributed by atoms with Gasteiger partial charge in [-0.2, -0.15) is 4.72 Å². The highest BCUT2D eigenvalue weighted by molar-refractivity contribution is 7.90. The number of carboxylic acid groups (broad SMARTS) is 2. The van der Waals surface area contributed by atoms with Crippen molar-refractivity contribution in [3.8, 4) is 0 Å². The Bertz CT molecular complexity index is 428. The van der Waals surface area contributed by atoms with Crippen LogP contribution in [0.15, 0.2) is 0 Å². The molecular formula is C8H13NO8S. The molecule has 0 rings (SSSR count). The lowest BCUT2D eigenvalue weighted by molar-refractivity contribution is -0.145. The number of esters is 1. The molecule has 0 heterocycles. The molecule has 0 saturated carbocycles. The molecule has 0 aromatic heterocycles. The zero-order valence-electron chi connectivity index (χ0n) is 9.45. The molecule has 0 bridgehead atoms. The minimum Gasteiger partial charge on any atom is -0.481 e. The van der Waals surface area contributed by atoms with E-state index in [9.17, 15) is 22.8 Å². The summed E-state index contributed by atoms with van der Waals surface area (Å²) in [6, 6.07) is -1.83. The lowest BCUT2D eigenvalue weighted by atomic mass is 10.2. The number of sulfonamides is 1. The van der Waals surface area contributed by atoms with Gasteiger partial charge in [0.1, 0.15) is 6.04 Å². The molecule has 0 spiro atoms. The number of nitrogens with one attached hydrogen (secondary N) is 1. The molecular weight excluding hydrogens is 270 g/mol. The Morgan fingerprint density at radius 3 is 2.22 bits per heavy atom. The maximum absolute atomic E-state index is 11.3. The third kappa shape index (κ3) is 6.81. The van der Waals surface area contributed by atoms with Crippen molar-refractivity contribution in [1.29, 1.82) is 0 Å². The molecule has 0 saturated heterocycles. The van der Waals surface area contributed by atoms with Gasteiger partial charge in [0, 0.05) is 0 Å². The molecule has 0 aromatic rings. The van der Waals surface area contributed by atoms with Crippen LogP contribution in [0.1, 0.15) is 13.3 Å². The second-order valence-corrected chi connectivity index (χ2v) is 4.92. The molecule has 104 valence electrons. The van der Waals surface area contributed by atoms with Crippen LogP contribution in [0.2, 0.25) is 0 Å². The monoisotopic (exact) mass is 283 g/mol. The second-order valence-electron chi connectivity index (χ2n) is 3.17. The van der Waals surface area contributed by atoms with E-state index in [1.807, 2.05) is 0 Å². The van der Waals surface area contributed by atoms with E-state index in [1.165, 1.54) is 6.92 Å². The molecule has 10 heteroatoms. The summed E-state index contributed by atoms with van der Waals surface area (Å²) in [5, 5.41) is 17.0. The van der Waals surface area contributed by atoms with Crippen molar-refractivity contribution in [3.63, 3.8) is 0 Å². The molecule has 0 amide bonds. The number of ether oxygens (including phenoxy) is 1. The van der Waals surface area contributed by atoms with E-state index in [-0.39, 0.29) is 6.61 Å². The van der Waals surface area contributed by atoms with Gasteiger partial charge in [0.15, 0.2) is 5.75 Å². The largest absolute Gasteiger partial charge is 0.481 e. The average molecular weight is 283 g/mol. The summed E-state index contributed by atoms with van der Waals surface area (Å²) in [5.41, 5.74) is 0. The van der Waals surface area contributed by atoms with Gasteiger partial charge in [-0.3, -0.25) is 14.4 Å². The Labute approximate surface area is 103 Å². The molecule has 0 radical (unpaired) electrons. The molecule has 0 aliphatic heterocycles. The Kier molecular flexibility index (Phi) is 6.27. The van der Waals surface area contributed by atoms with Crippen LogP contribution in [0.4, 0.5) is 0 Å². The molecule has 0 aliphatic rings. The molecule has 9 nitrogen and oxygen atoms in total. The van der Waals surface area contributed by atoms with E-state index in [2.05, 4.69) is 4.74 Å². The minimum absolute atomic E-state index is 0.0220. The zero-order chi connectivity index (χ0) is 14.3. The third-order valence-electron chi connectivity index (χ3n) is 1.61. The highest BCUT2D eigenvalue weighted by Crippen LogP contribution is 1.98. The van der Waals surface area contributed by atoms with Gasteiger partial charge in [0.2, 0.25) is 10.0 Å². The maximum atomic E-state index is 11.3. The van der Waals surface area contributed by atoms with Gasteiger partial charge < -0.3 is 14.9 Å². The Hall–Kier alpha value is -1.68. The van der Waals surface area contributed by atoms with Gasteiger partial charge >= 0.3 is 17.9 Å². The zero-order valence-corrected chi connectivity index (χ0v) is 10.3. The van der Waals surface area contributed by atoms with Gasteiger partial charge in [-0.05, 0) is 6.92 Å². The van der Waals surface area contributed by atoms with Crippen molar-refractivity contribution in [1.82, 2.24) is 4.72 Å². The maximum Gasteiger partial charge on any atom is 0.322 e. The Balaban J connectivity index is 4.66. The highest BCUT2D eigenvalue weighted by Gasteiger charge is 2.28. The van der Waals surface area contributed by atoms with Crippen molar-refractivity contribution >= 4 is 27.9 Å². The van der Waals surface area contributed by atoms with Gasteiger partial charge in [0.05, 0.1) is 13.0 Å². The van der Waals surface area contributed by atoms with E-state index in [0.717, 1.165) is 0 Å². The summed E-state index contributed by atoms with van der Waals surface area (Å²) in [7, 11) is -4.26. The number of aliphatic carboxylic acids is 2. The first-order valence-corrected chi connectivity index (χ1v) is 6.43. The standard InChI is InChI=1S/C8H13NO8S/c1-2-17-7(12)4-18(15,16)9-5(8(13)14)3-6(10)11/h5,9H,2-4H2,1H3,(H,10,11)(H,13,14)/t5-/m0/s1. The van der Waals surface area contributed by atoms with E-state index in [4.69, 9.17) is 10.2 Å². The molecule has 3 N–H and O–H groups in total. The lowest BCUT2D eigenvalue weighted by Gasteiger charge is -2.12. The predicted octanol–water partition coefficient (Wildman–Crippen LogP) is -1.60. The minimum atomic E-state index is -4.26. The second kappa shape index (κ2) is 6.91. The topological polar surface area (TPSA) is 147 Å². The molecule has 1 atom stereocenters. The van der Waals surface area contributed by atoms with E-state index < -0.39 is 46.1 Å². The number of carboxylic acids is 2. The van der Waals surface area contributed by atoms with Gasteiger partial charge in [-0.1, -0.05) is 0 Å². The summed E-state index contributed by atoms with van der Waals surface area (Å²) >= 11 is 0. The first-order valence-electron chi connectivity index (χ1n) is 4.78. The van der Waals surface area contributed by atoms with Crippen molar-refractivity contribution in [2.24, 2.45) is 0 Å². The molecule has 18 heavy (non-hydrogen) atoms. The lowest BCUT2D eigenvalue weighted by Crippen LogP contribution is -2.44. The van der Waals surface area contributed by atoms with Gasteiger partial charge in [0.25, 0.3) is 0 Å². The van der Waals surface area contributed by atoms with Crippen molar-refractivity contribution < 1.29 is 37.8 Å². The van der Waals surface area contributed by atoms with Gasteiger partial charge in [-0.15, -0.1) is 0 Å². The number of carbonyl (C=O) groups excluding carboxylic acids is 1. The number of carbonyl (C=O) groups is 3. The SMILES string of the molecule is CCOC(=O)CS(=O)(=O)N[C@@H](CC(=O)O)C(=O)O. The highest BCUT2D eigenvalue weighted by atomic mass is 32.2. The quantitative estimate of drug-likeness (QED) is 0.451. The molecule has 0 aromatic carbocycles. The molecule has 0 unspecified atom stereocenters. The molecule has 0 fully saturated rings. The number of hydrogen-bond acceptors (Lipinski definition) is 6. The normalized spacial score (nSPS) is 12.7. The number of rotatable bonds is 8. The first kappa shape index (κ1) is 16.3. The van der Waals surface area contributed by atoms with Crippen LogP contribution in [-0.4, -0.2) is 54.9 Å². The van der Waals surface area contributed by atoms with Crippen LogP contribution >= 0.6 is 0 Å². The Morgan fingerprint density at radius 2 is 1.83 bits per heavy atom. The predicted molar refractivity (Wildman–Crippen MR) is 57.2 cm³/mol. The van der Waals surface area contributed by atoms with Crippen LogP contribution in [0.25, 0.3) is 0 Å². The molecule has 0 aliphatic carbocycles. The summed E-state index contributed by atoms with van der Waals surface area (Å²) < 4.78 is 28.7. The first-order chi connectivity index (χ1) is 8.18. The van der Waals surface area contributed by atoms with Crippen molar-refractivity contribution in [2.45, 2.75) is 19.4 Å². The fraction of sp³-hybridized carbons (Fsp3) is 0.625. The fourth-order valence-electron chi connectivity index (χ4n) is 0.970. The summed E-state index contributed by atoms with van der Waals surface area (Å²) in [5.74, 6) is -5.25. The summed E-state index contributed by atoms with van der Waals surface area (Å²) in [6.07, 6.45) is -0.933. The van der Waals surface area contributed by atoms with E-state index in [1.54, 1.807) is 4.72 Å². The van der Waals surface area contributed by atoms with Gasteiger partial charge in [-0.25, -0.2) is 8.42 Å². The smallest absolute Gasteiger partial charge is 0.322 e.